The van der Waals surface area contributed by atoms with Crippen LogP contribution in [0.25, 0.3) is 0 Å². The molecule has 0 saturated carbocycles. The van der Waals surface area contributed by atoms with Crippen molar-refractivity contribution in [2.45, 2.75) is 43.7 Å². The van der Waals surface area contributed by atoms with Crippen molar-refractivity contribution in [3.05, 3.63) is 65.7 Å². The van der Waals surface area contributed by atoms with Crippen LogP contribution in [0.5, 0.6) is 0 Å². The first-order valence-electron chi connectivity index (χ1n) is 10.7. The quantitative estimate of drug-likeness (QED) is 0.257. The van der Waals surface area contributed by atoms with E-state index >= 15 is 0 Å². The Balaban J connectivity index is 0.00000363. The summed E-state index contributed by atoms with van der Waals surface area (Å²) in [6.45, 7) is 6.32. The number of nitrogens with zero attached hydrogens (tertiary/aromatic N) is 2. The number of hydrogen-bond donors (Lipinski definition) is 3. The fourth-order valence-corrected chi connectivity index (χ4v) is 5.03. The smallest absolute Gasteiger partial charge is 0.243 e. The first kappa shape index (κ1) is 26.6. The third kappa shape index (κ3) is 6.90. The third-order valence-electron chi connectivity index (χ3n) is 5.39. The number of sulfonamides is 1. The minimum Gasteiger partial charge on any atom is -0.384 e. The Kier molecular flexibility index (Phi) is 9.93. The van der Waals surface area contributed by atoms with Crippen molar-refractivity contribution in [1.29, 1.82) is 0 Å². The van der Waals surface area contributed by atoms with E-state index in [9.17, 15) is 13.5 Å². The van der Waals surface area contributed by atoms with Crippen LogP contribution in [0.4, 0.5) is 0 Å². The SMILES string of the molecule is CCNC(=NCc1ccc(S(=O)(=O)N2CCCC2)cc1)NCC(C)(O)c1ccccc1.I. The Hall–Kier alpha value is -1.69. The predicted molar refractivity (Wildman–Crippen MR) is 139 cm³/mol. The Morgan fingerprint density at radius 2 is 1.69 bits per heavy atom. The highest BCUT2D eigenvalue weighted by Gasteiger charge is 2.27. The molecule has 2 aromatic carbocycles. The van der Waals surface area contributed by atoms with Crippen molar-refractivity contribution in [1.82, 2.24) is 14.9 Å². The minimum atomic E-state index is -3.40. The number of aliphatic hydroxyl groups is 1. The first-order chi connectivity index (χ1) is 14.8. The number of halogens is 1. The van der Waals surface area contributed by atoms with Crippen LogP contribution in [0.2, 0.25) is 0 Å². The molecule has 3 rings (SSSR count). The lowest BCUT2D eigenvalue weighted by Gasteiger charge is -2.25. The maximum Gasteiger partial charge on any atom is 0.243 e. The van der Waals surface area contributed by atoms with Crippen molar-refractivity contribution < 1.29 is 13.5 Å². The zero-order valence-electron chi connectivity index (χ0n) is 18.6. The van der Waals surface area contributed by atoms with E-state index in [1.54, 1.807) is 35.5 Å². The molecule has 1 aliphatic heterocycles. The summed E-state index contributed by atoms with van der Waals surface area (Å²) >= 11 is 0. The molecule has 0 aromatic heterocycles. The second-order valence-electron chi connectivity index (χ2n) is 7.94. The van der Waals surface area contributed by atoms with Gasteiger partial charge in [-0.25, -0.2) is 13.4 Å². The van der Waals surface area contributed by atoms with Crippen molar-refractivity contribution >= 4 is 40.0 Å². The summed E-state index contributed by atoms with van der Waals surface area (Å²) in [7, 11) is -3.40. The number of rotatable bonds is 8. The summed E-state index contributed by atoms with van der Waals surface area (Å²) < 4.78 is 26.8. The van der Waals surface area contributed by atoms with Crippen LogP contribution in [0.1, 0.15) is 37.8 Å². The van der Waals surface area contributed by atoms with Crippen LogP contribution in [-0.4, -0.2) is 50.0 Å². The standard InChI is InChI=1S/C23H32N4O3S.HI/c1-3-24-22(26-18-23(2,28)20-9-5-4-6-10-20)25-17-19-11-13-21(14-12-19)31(29,30)27-15-7-8-16-27;/h4-6,9-14,28H,3,7-8,15-18H2,1-2H3,(H2,24,25,26);1H. The van der Waals surface area contributed by atoms with Gasteiger partial charge in [-0.2, -0.15) is 4.31 Å². The number of hydrogen-bond acceptors (Lipinski definition) is 4. The Labute approximate surface area is 208 Å². The van der Waals surface area contributed by atoms with Crippen LogP contribution in [-0.2, 0) is 22.2 Å². The summed E-state index contributed by atoms with van der Waals surface area (Å²) in [6.07, 6.45) is 1.84. The van der Waals surface area contributed by atoms with E-state index < -0.39 is 15.6 Å². The van der Waals surface area contributed by atoms with E-state index in [0.717, 1.165) is 24.0 Å². The highest BCUT2D eigenvalue weighted by molar-refractivity contribution is 14.0. The Morgan fingerprint density at radius 1 is 1.06 bits per heavy atom. The van der Waals surface area contributed by atoms with Crippen molar-refractivity contribution in [3.63, 3.8) is 0 Å². The van der Waals surface area contributed by atoms with Crippen LogP contribution >= 0.6 is 24.0 Å². The molecule has 3 N–H and O–H groups in total. The van der Waals surface area contributed by atoms with Gasteiger partial charge < -0.3 is 15.7 Å². The number of benzene rings is 2. The molecule has 0 aliphatic carbocycles. The van der Waals surface area contributed by atoms with Crippen LogP contribution in [0, 0.1) is 0 Å². The van der Waals surface area contributed by atoms with Crippen LogP contribution in [0.3, 0.4) is 0 Å². The predicted octanol–water partition coefficient (Wildman–Crippen LogP) is 3.05. The van der Waals surface area contributed by atoms with Gasteiger partial charge in [-0.3, -0.25) is 0 Å². The van der Waals surface area contributed by atoms with Gasteiger partial charge in [0.05, 0.1) is 18.0 Å². The lowest BCUT2D eigenvalue weighted by atomic mass is 9.96. The van der Waals surface area contributed by atoms with Crippen LogP contribution < -0.4 is 10.6 Å². The molecule has 0 spiro atoms. The molecule has 176 valence electrons. The summed E-state index contributed by atoms with van der Waals surface area (Å²) in [5.41, 5.74) is 0.698. The maximum absolute atomic E-state index is 12.6. The zero-order chi connectivity index (χ0) is 22.3. The molecular formula is C23H33IN4O3S. The molecule has 1 saturated heterocycles. The average molecular weight is 573 g/mol. The molecule has 1 aliphatic rings. The normalized spacial score (nSPS) is 16.8. The molecule has 0 radical (unpaired) electrons. The fourth-order valence-electron chi connectivity index (χ4n) is 3.51. The lowest BCUT2D eigenvalue weighted by molar-refractivity contribution is 0.0617. The summed E-state index contributed by atoms with van der Waals surface area (Å²) in [6, 6.07) is 16.4. The summed E-state index contributed by atoms with van der Waals surface area (Å²) in [5, 5.41) is 17.1. The third-order valence-corrected chi connectivity index (χ3v) is 7.30. The fraction of sp³-hybridized carbons (Fsp3) is 0.435. The van der Waals surface area contributed by atoms with Crippen molar-refractivity contribution in [2.24, 2.45) is 4.99 Å². The maximum atomic E-state index is 12.6. The van der Waals surface area contributed by atoms with Crippen molar-refractivity contribution in [2.75, 3.05) is 26.2 Å². The summed E-state index contributed by atoms with van der Waals surface area (Å²) in [4.78, 5) is 4.90. The molecule has 2 aromatic rings. The van der Waals surface area contributed by atoms with Gasteiger partial charge in [-0.15, -0.1) is 24.0 Å². The van der Waals surface area contributed by atoms with E-state index in [2.05, 4.69) is 15.6 Å². The molecule has 0 bridgehead atoms. The number of guanidine groups is 1. The molecule has 7 nitrogen and oxygen atoms in total. The van der Waals surface area contributed by atoms with Gasteiger partial charge in [0.15, 0.2) is 5.96 Å². The number of nitrogens with one attached hydrogen (secondary N) is 2. The lowest BCUT2D eigenvalue weighted by Crippen LogP contribution is -2.44. The second-order valence-corrected chi connectivity index (χ2v) is 9.88. The van der Waals surface area contributed by atoms with Crippen molar-refractivity contribution in [3.8, 4) is 0 Å². The van der Waals surface area contributed by atoms with E-state index in [4.69, 9.17) is 0 Å². The molecule has 1 heterocycles. The Morgan fingerprint density at radius 3 is 2.28 bits per heavy atom. The van der Waals surface area contributed by atoms with Gasteiger partial charge in [0, 0.05) is 19.6 Å². The van der Waals surface area contributed by atoms with Gasteiger partial charge in [0.1, 0.15) is 5.60 Å². The number of aliphatic imine (C=N–C) groups is 1. The second kappa shape index (κ2) is 12.0. The van der Waals surface area contributed by atoms with Gasteiger partial charge in [0.25, 0.3) is 0 Å². The molecule has 1 unspecified atom stereocenters. The molecular weight excluding hydrogens is 539 g/mol. The monoisotopic (exact) mass is 572 g/mol. The van der Waals surface area contributed by atoms with E-state index in [1.165, 1.54) is 0 Å². The molecule has 32 heavy (non-hydrogen) atoms. The molecule has 0 amide bonds. The minimum absolute atomic E-state index is 0. The van der Waals surface area contributed by atoms with Gasteiger partial charge >= 0.3 is 0 Å². The Bertz CT molecular complexity index is 974. The molecule has 1 fully saturated rings. The summed E-state index contributed by atoms with van der Waals surface area (Å²) in [5.74, 6) is 0.590. The topological polar surface area (TPSA) is 94.0 Å². The molecule has 1 atom stereocenters. The highest BCUT2D eigenvalue weighted by Crippen LogP contribution is 2.21. The molecule has 9 heteroatoms. The van der Waals surface area contributed by atoms with Gasteiger partial charge in [-0.05, 0) is 49.9 Å². The van der Waals surface area contributed by atoms with E-state index in [-0.39, 0.29) is 24.0 Å². The van der Waals surface area contributed by atoms with Gasteiger partial charge in [0.2, 0.25) is 10.0 Å². The largest absolute Gasteiger partial charge is 0.384 e. The van der Waals surface area contributed by atoms with E-state index in [1.807, 2.05) is 37.3 Å². The van der Waals surface area contributed by atoms with Crippen LogP contribution in [0.15, 0.2) is 64.5 Å². The zero-order valence-corrected chi connectivity index (χ0v) is 21.8. The first-order valence-corrected chi connectivity index (χ1v) is 12.2. The van der Waals surface area contributed by atoms with E-state index in [0.29, 0.717) is 43.6 Å². The average Bonchev–Trinajstić information content (AvgIpc) is 3.33. The highest BCUT2D eigenvalue weighted by atomic mass is 127. The van der Waals surface area contributed by atoms with Gasteiger partial charge in [-0.1, -0.05) is 42.5 Å².